The van der Waals surface area contributed by atoms with E-state index in [4.69, 9.17) is 4.74 Å². The Labute approximate surface area is 112 Å². The van der Waals surface area contributed by atoms with Crippen molar-refractivity contribution in [2.45, 2.75) is 38.1 Å². The van der Waals surface area contributed by atoms with Crippen LogP contribution in [-0.4, -0.2) is 24.3 Å². The Morgan fingerprint density at radius 3 is 2.95 bits per heavy atom. The molecular weight excluding hydrogens is 242 g/mol. The molecule has 1 aromatic carbocycles. The van der Waals surface area contributed by atoms with Gasteiger partial charge in [-0.1, -0.05) is 0 Å². The molecule has 1 saturated carbocycles. The Kier molecular flexibility index (Phi) is 3.23. The van der Waals surface area contributed by atoms with Gasteiger partial charge in [0, 0.05) is 18.0 Å². The third-order valence-corrected chi connectivity index (χ3v) is 3.54. The molecule has 3 rings (SSSR count). The molecule has 0 unspecified atom stereocenters. The van der Waals surface area contributed by atoms with Gasteiger partial charge in [-0.25, -0.2) is 0 Å². The van der Waals surface area contributed by atoms with E-state index in [1.54, 1.807) is 6.07 Å². The van der Waals surface area contributed by atoms with Crippen LogP contribution in [0.4, 0.5) is 0 Å². The number of aryl methyl sites for hydroxylation is 1. The molecule has 1 fully saturated rings. The first-order valence-corrected chi connectivity index (χ1v) is 6.80. The normalized spacial score (nSPS) is 17.8. The summed E-state index contributed by atoms with van der Waals surface area (Å²) in [5, 5.41) is 2.88. The monoisotopic (exact) mass is 259 g/mol. The van der Waals surface area contributed by atoms with Crippen LogP contribution in [0.5, 0.6) is 5.75 Å². The average Bonchev–Trinajstić information content (AvgIpc) is 3.20. The molecule has 1 amide bonds. The number of benzene rings is 1. The Morgan fingerprint density at radius 1 is 1.32 bits per heavy atom. The largest absolute Gasteiger partial charge is 0.484 e. The van der Waals surface area contributed by atoms with Crippen molar-refractivity contribution in [2.75, 3.05) is 6.61 Å². The van der Waals surface area contributed by atoms with Crippen molar-refractivity contribution in [3.63, 3.8) is 0 Å². The van der Waals surface area contributed by atoms with E-state index in [1.807, 2.05) is 12.1 Å². The standard InChI is InChI=1S/C15H17NO3/c17-14-3-1-2-10-8-12(6-7-13(10)14)19-9-15(18)16-11-4-5-11/h6-8,11H,1-5,9H2,(H,16,18). The molecule has 0 bridgehead atoms. The minimum atomic E-state index is -0.0729. The second-order valence-electron chi connectivity index (χ2n) is 5.23. The van der Waals surface area contributed by atoms with Gasteiger partial charge in [0.15, 0.2) is 12.4 Å². The molecule has 1 aromatic rings. The number of amides is 1. The molecule has 0 atom stereocenters. The summed E-state index contributed by atoms with van der Waals surface area (Å²) in [4.78, 5) is 23.2. The van der Waals surface area contributed by atoms with Crippen molar-refractivity contribution in [1.29, 1.82) is 0 Å². The average molecular weight is 259 g/mol. The smallest absolute Gasteiger partial charge is 0.258 e. The Hall–Kier alpha value is -1.84. The Morgan fingerprint density at radius 2 is 2.16 bits per heavy atom. The first-order valence-electron chi connectivity index (χ1n) is 6.80. The highest BCUT2D eigenvalue weighted by molar-refractivity contribution is 5.98. The molecular formula is C15H17NO3. The molecule has 0 aromatic heterocycles. The van der Waals surface area contributed by atoms with Gasteiger partial charge in [-0.2, -0.15) is 0 Å². The van der Waals surface area contributed by atoms with E-state index >= 15 is 0 Å². The molecule has 0 saturated heterocycles. The Balaban J connectivity index is 1.61. The third-order valence-electron chi connectivity index (χ3n) is 3.54. The number of carbonyl (C=O) groups excluding carboxylic acids is 2. The SMILES string of the molecule is O=C(COc1ccc2c(c1)CCCC2=O)NC1CC1. The maximum atomic E-state index is 11.7. The summed E-state index contributed by atoms with van der Waals surface area (Å²) >= 11 is 0. The van der Waals surface area contributed by atoms with Crippen LogP contribution in [0.1, 0.15) is 41.6 Å². The number of nitrogens with one attached hydrogen (secondary N) is 1. The predicted molar refractivity (Wildman–Crippen MR) is 70.4 cm³/mol. The molecule has 4 nitrogen and oxygen atoms in total. The maximum Gasteiger partial charge on any atom is 0.258 e. The van der Waals surface area contributed by atoms with E-state index < -0.39 is 0 Å². The lowest BCUT2D eigenvalue weighted by molar-refractivity contribution is -0.123. The zero-order chi connectivity index (χ0) is 13.2. The second-order valence-corrected chi connectivity index (χ2v) is 5.23. The summed E-state index contributed by atoms with van der Waals surface area (Å²) in [7, 11) is 0. The zero-order valence-electron chi connectivity index (χ0n) is 10.8. The van der Waals surface area contributed by atoms with Gasteiger partial charge in [0.05, 0.1) is 0 Å². The first kappa shape index (κ1) is 12.2. The van der Waals surface area contributed by atoms with Gasteiger partial charge in [-0.05, 0) is 49.4 Å². The van der Waals surface area contributed by atoms with Gasteiger partial charge in [0.25, 0.3) is 5.91 Å². The predicted octanol–water partition coefficient (Wildman–Crippen LogP) is 1.86. The van der Waals surface area contributed by atoms with Gasteiger partial charge in [-0.15, -0.1) is 0 Å². The van der Waals surface area contributed by atoms with Crippen LogP contribution in [0.2, 0.25) is 0 Å². The fourth-order valence-corrected chi connectivity index (χ4v) is 2.36. The van der Waals surface area contributed by atoms with Crippen LogP contribution in [0.25, 0.3) is 0 Å². The fourth-order valence-electron chi connectivity index (χ4n) is 2.36. The molecule has 4 heteroatoms. The van der Waals surface area contributed by atoms with Crippen LogP contribution in [-0.2, 0) is 11.2 Å². The first-order chi connectivity index (χ1) is 9.22. The summed E-state index contributed by atoms with van der Waals surface area (Å²) < 4.78 is 5.47. The number of hydrogen-bond donors (Lipinski definition) is 1. The van der Waals surface area contributed by atoms with Crippen molar-refractivity contribution >= 4 is 11.7 Å². The van der Waals surface area contributed by atoms with E-state index in [9.17, 15) is 9.59 Å². The van der Waals surface area contributed by atoms with Gasteiger partial charge in [0.1, 0.15) is 5.75 Å². The van der Waals surface area contributed by atoms with E-state index in [-0.39, 0.29) is 18.3 Å². The third kappa shape index (κ3) is 2.95. The second kappa shape index (κ2) is 5.03. The summed E-state index contributed by atoms with van der Waals surface area (Å²) in [6, 6.07) is 5.83. The number of ether oxygens (including phenoxy) is 1. The lowest BCUT2D eigenvalue weighted by Gasteiger charge is -2.15. The van der Waals surface area contributed by atoms with Gasteiger partial charge in [-0.3, -0.25) is 9.59 Å². The van der Waals surface area contributed by atoms with Crippen LogP contribution in [0.15, 0.2) is 18.2 Å². The zero-order valence-corrected chi connectivity index (χ0v) is 10.8. The van der Waals surface area contributed by atoms with E-state index in [0.29, 0.717) is 18.2 Å². The molecule has 100 valence electrons. The number of rotatable bonds is 4. The van der Waals surface area contributed by atoms with Gasteiger partial charge < -0.3 is 10.1 Å². The maximum absolute atomic E-state index is 11.7. The van der Waals surface area contributed by atoms with E-state index in [0.717, 1.165) is 36.8 Å². The van der Waals surface area contributed by atoms with Gasteiger partial charge >= 0.3 is 0 Å². The van der Waals surface area contributed by atoms with Crippen molar-refractivity contribution in [3.8, 4) is 5.75 Å². The minimum absolute atomic E-state index is 0.0449. The topological polar surface area (TPSA) is 55.4 Å². The lowest BCUT2D eigenvalue weighted by Crippen LogP contribution is -2.30. The minimum Gasteiger partial charge on any atom is -0.484 e. The summed E-state index contributed by atoms with van der Waals surface area (Å²) in [6.45, 7) is 0.0449. The number of Topliss-reactive ketones (excluding diaryl/α,β-unsaturated/α-hetero) is 1. The summed E-state index contributed by atoms with van der Waals surface area (Å²) in [6.07, 6.45) is 4.60. The number of ketones is 1. The van der Waals surface area contributed by atoms with E-state index in [2.05, 4.69) is 5.32 Å². The van der Waals surface area contributed by atoms with Crippen molar-refractivity contribution in [3.05, 3.63) is 29.3 Å². The van der Waals surface area contributed by atoms with Crippen molar-refractivity contribution in [1.82, 2.24) is 5.32 Å². The summed E-state index contributed by atoms with van der Waals surface area (Å²) in [5.74, 6) is 0.801. The molecule has 2 aliphatic carbocycles. The Bertz CT molecular complexity index is 520. The van der Waals surface area contributed by atoms with Crippen LogP contribution in [0, 0.1) is 0 Å². The van der Waals surface area contributed by atoms with Crippen LogP contribution >= 0.6 is 0 Å². The van der Waals surface area contributed by atoms with Crippen molar-refractivity contribution < 1.29 is 14.3 Å². The highest BCUT2D eigenvalue weighted by Gasteiger charge is 2.23. The quantitative estimate of drug-likeness (QED) is 0.898. The fraction of sp³-hybridized carbons (Fsp3) is 0.467. The molecule has 19 heavy (non-hydrogen) atoms. The highest BCUT2D eigenvalue weighted by Crippen LogP contribution is 2.25. The molecule has 2 aliphatic rings. The van der Waals surface area contributed by atoms with Crippen LogP contribution in [0.3, 0.4) is 0 Å². The van der Waals surface area contributed by atoms with Crippen molar-refractivity contribution in [2.24, 2.45) is 0 Å². The van der Waals surface area contributed by atoms with E-state index in [1.165, 1.54) is 0 Å². The number of hydrogen-bond acceptors (Lipinski definition) is 3. The lowest BCUT2D eigenvalue weighted by atomic mass is 9.91. The molecule has 0 aliphatic heterocycles. The number of fused-ring (bicyclic) bond motifs is 1. The molecule has 0 heterocycles. The summed E-state index contributed by atoms with van der Waals surface area (Å²) in [5.41, 5.74) is 1.84. The van der Waals surface area contributed by atoms with Gasteiger partial charge in [0.2, 0.25) is 0 Å². The highest BCUT2D eigenvalue weighted by atomic mass is 16.5. The molecule has 1 N–H and O–H groups in total. The molecule has 0 radical (unpaired) electrons. The van der Waals surface area contributed by atoms with Crippen LogP contribution < -0.4 is 10.1 Å². The number of carbonyl (C=O) groups is 2. The molecule has 0 spiro atoms.